The lowest BCUT2D eigenvalue weighted by Gasteiger charge is -2.32. The number of carbonyl (C=O) groups is 1. The normalized spacial score (nSPS) is 26.8. The van der Waals surface area contributed by atoms with Crippen molar-refractivity contribution in [2.75, 3.05) is 31.1 Å². The molecule has 1 aliphatic carbocycles. The molecule has 3 atom stereocenters. The fraction of sp³-hybridized carbons (Fsp3) is 0.636. The molecule has 7 heteroatoms. The second-order valence-corrected chi connectivity index (χ2v) is 8.98. The van der Waals surface area contributed by atoms with Crippen LogP contribution < -0.4 is 4.90 Å². The van der Waals surface area contributed by atoms with E-state index in [1.165, 1.54) is 12.8 Å². The Morgan fingerprint density at radius 3 is 2.72 bits per heavy atom. The predicted octanol–water partition coefficient (Wildman–Crippen LogP) is 2.84. The highest BCUT2D eigenvalue weighted by atomic mass is 16.2. The lowest BCUT2D eigenvalue weighted by Crippen LogP contribution is -2.40. The molecule has 0 spiro atoms. The third kappa shape index (κ3) is 3.63. The summed E-state index contributed by atoms with van der Waals surface area (Å²) >= 11 is 0. The number of hydrogen-bond donors (Lipinski definition) is 0. The van der Waals surface area contributed by atoms with E-state index in [0.29, 0.717) is 11.8 Å². The number of carbonyl (C=O) groups excluding carboxylic acids is 1. The zero-order valence-electron chi connectivity index (χ0n) is 17.4. The Bertz CT molecular complexity index is 902. The van der Waals surface area contributed by atoms with Crippen molar-refractivity contribution < 1.29 is 4.79 Å². The fourth-order valence-electron chi connectivity index (χ4n) is 4.87. The van der Waals surface area contributed by atoms with Crippen LogP contribution in [0.3, 0.4) is 0 Å². The topological polar surface area (TPSA) is 67.2 Å². The number of hydrogen-bond acceptors (Lipinski definition) is 5. The molecule has 3 aliphatic rings. The lowest BCUT2D eigenvalue weighted by molar-refractivity contribution is -0.134. The van der Waals surface area contributed by atoms with Gasteiger partial charge in [0, 0.05) is 63.0 Å². The summed E-state index contributed by atoms with van der Waals surface area (Å²) in [6.07, 6.45) is 9.49. The molecule has 1 saturated carbocycles. The Balaban J connectivity index is 1.41. The standard InChI is InChI=1S/C22H30N6O/c1-15-12-17(15)21(29)28-11-5-6-16(13-28)20-18(14-26(2)25-20)19-7-8-23-22(24-19)27-9-3-4-10-27/h7-8,14-17H,3-6,9-13H2,1-2H3. The van der Waals surface area contributed by atoms with Crippen molar-refractivity contribution in [1.29, 1.82) is 0 Å². The van der Waals surface area contributed by atoms with Crippen molar-refractivity contribution in [2.24, 2.45) is 18.9 Å². The molecule has 0 aromatic carbocycles. The molecule has 1 amide bonds. The zero-order chi connectivity index (χ0) is 20.0. The van der Waals surface area contributed by atoms with Gasteiger partial charge in [0.05, 0.1) is 11.4 Å². The molecule has 154 valence electrons. The number of anilines is 1. The van der Waals surface area contributed by atoms with E-state index in [2.05, 4.69) is 27.9 Å². The largest absolute Gasteiger partial charge is 0.342 e. The van der Waals surface area contributed by atoms with Crippen molar-refractivity contribution in [1.82, 2.24) is 24.6 Å². The van der Waals surface area contributed by atoms with Gasteiger partial charge in [0.1, 0.15) is 0 Å². The first kappa shape index (κ1) is 18.6. The number of likely N-dealkylation sites (tertiary alicyclic amines) is 1. The first-order chi connectivity index (χ1) is 14.1. The van der Waals surface area contributed by atoms with Crippen LogP contribution >= 0.6 is 0 Å². The molecular formula is C22H30N6O. The van der Waals surface area contributed by atoms with E-state index in [4.69, 9.17) is 10.1 Å². The highest BCUT2D eigenvalue weighted by Crippen LogP contribution is 2.41. The SMILES string of the molecule is CC1CC1C(=O)N1CCCC(c2nn(C)cc2-c2ccnc(N3CCCC3)n2)C1. The molecule has 0 radical (unpaired) electrons. The van der Waals surface area contributed by atoms with Crippen molar-refractivity contribution in [3.05, 3.63) is 24.2 Å². The lowest BCUT2D eigenvalue weighted by atomic mass is 9.91. The predicted molar refractivity (Wildman–Crippen MR) is 112 cm³/mol. The highest BCUT2D eigenvalue weighted by molar-refractivity contribution is 5.81. The third-order valence-electron chi connectivity index (χ3n) is 6.71. The molecule has 3 fully saturated rings. The molecule has 2 aliphatic heterocycles. The van der Waals surface area contributed by atoms with E-state index < -0.39 is 0 Å². The van der Waals surface area contributed by atoms with Gasteiger partial charge < -0.3 is 9.80 Å². The van der Waals surface area contributed by atoms with Gasteiger partial charge in [-0.25, -0.2) is 9.97 Å². The second-order valence-electron chi connectivity index (χ2n) is 8.98. The van der Waals surface area contributed by atoms with Gasteiger partial charge in [0.15, 0.2) is 0 Å². The van der Waals surface area contributed by atoms with Crippen LogP contribution in [0.4, 0.5) is 5.95 Å². The van der Waals surface area contributed by atoms with Gasteiger partial charge in [0.25, 0.3) is 0 Å². The number of aryl methyl sites for hydroxylation is 1. The van der Waals surface area contributed by atoms with Crippen LogP contribution in [0.2, 0.25) is 0 Å². The van der Waals surface area contributed by atoms with E-state index in [1.54, 1.807) is 0 Å². The minimum Gasteiger partial charge on any atom is -0.342 e. The van der Waals surface area contributed by atoms with Gasteiger partial charge in [-0.05, 0) is 44.1 Å². The second kappa shape index (κ2) is 7.43. The molecular weight excluding hydrogens is 364 g/mol. The van der Waals surface area contributed by atoms with Crippen LogP contribution in [0.5, 0.6) is 0 Å². The number of nitrogens with zero attached hydrogens (tertiary/aromatic N) is 6. The smallest absolute Gasteiger partial charge is 0.225 e. The van der Waals surface area contributed by atoms with E-state index >= 15 is 0 Å². The van der Waals surface area contributed by atoms with E-state index in [1.807, 2.05) is 24.0 Å². The van der Waals surface area contributed by atoms with Gasteiger partial charge in [-0.2, -0.15) is 5.10 Å². The molecule has 5 rings (SSSR count). The summed E-state index contributed by atoms with van der Waals surface area (Å²) < 4.78 is 1.88. The van der Waals surface area contributed by atoms with Gasteiger partial charge in [-0.3, -0.25) is 9.48 Å². The molecule has 29 heavy (non-hydrogen) atoms. The summed E-state index contributed by atoms with van der Waals surface area (Å²) in [7, 11) is 1.97. The summed E-state index contributed by atoms with van der Waals surface area (Å²) in [5, 5.41) is 4.81. The molecule has 2 aromatic heterocycles. The molecule has 2 aromatic rings. The van der Waals surface area contributed by atoms with Gasteiger partial charge in [0.2, 0.25) is 11.9 Å². The summed E-state index contributed by atoms with van der Waals surface area (Å²) in [5.74, 6) is 2.24. The maximum Gasteiger partial charge on any atom is 0.225 e. The molecule has 3 unspecified atom stereocenters. The van der Waals surface area contributed by atoms with E-state index in [-0.39, 0.29) is 11.8 Å². The zero-order valence-corrected chi connectivity index (χ0v) is 17.4. The summed E-state index contributed by atoms with van der Waals surface area (Å²) in [5.41, 5.74) is 3.08. The maximum absolute atomic E-state index is 12.8. The van der Waals surface area contributed by atoms with Crippen LogP contribution in [-0.4, -0.2) is 56.7 Å². The van der Waals surface area contributed by atoms with Crippen molar-refractivity contribution in [3.8, 4) is 11.3 Å². The molecule has 2 saturated heterocycles. The summed E-state index contributed by atoms with van der Waals surface area (Å²) in [6, 6.07) is 1.98. The first-order valence-corrected chi connectivity index (χ1v) is 11.0. The van der Waals surface area contributed by atoms with Crippen LogP contribution in [0.25, 0.3) is 11.3 Å². The van der Waals surface area contributed by atoms with Crippen LogP contribution in [-0.2, 0) is 11.8 Å². The Labute approximate surface area is 172 Å². The maximum atomic E-state index is 12.8. The van der Waals surface area contributed by atoms with E-state index in [9.17, 15) is 4.79 Å². The Morgan fingerprint density at radius 2 is 1.97 bits per heavy atom. The van der Waals surface area contributed by atoms with E-state index in [0.717, 1.165) is 68.3 Å². The molecule has 7 nitrogen and oxygen atoms in total. The van der Waals surface area contributed by atoms with Gasteiger partial charge in [-0.1, -0.05) is 6.92 Å². The number of amides is 1. The molecule has 0 N–H and O–H groups in total. The minimum absolute atomic E-state index is 0.252. The number of rotatable bonds is 4. The Kier molecular flexibility index (Phi) is 4.76. The number of aromatic nitrogens is 4. The van der Waals surface area contributed by atoms with Crippen LogP contribution in [0, 0.1) is 11.8 Å². The third-order valence-corrected chi connectivity index (χ3v) is 6.71. The quantitative estimate of drug-likeness (QED) is 0.798. The summed E-state index contributed by atoms with van der Waals surface area (Å²) in [4.78, 5) is 26.5. The van der Waals surface area contributed by atoms with Crippen LogP contribution in [0.1, 0.15) is 50.6 Å². The van der Waals surface area contributed by atoms with Gasteiger partial charge in [-0.15, -0.1) is 0 Å². The first-order valence-electron chi connectivity index (χ1n) is 11.0. The Morgan fingerprint density at radius 1 is 1.17 bits per heavy atom. The highest BCUT2D eigenvalue weighted by Gasteiger charge is 2.42. The van der Waals surface area contributed by atoms with Gasteiger partial charge >= 0.3 is 0 Å². The monoisotopic (exact) mass is 394 g/mol. The van der Waals surface area contributed by atoms with Crippen molar-refractivity contribution in [3.63, 3.8) is 0 Å². The van der Waals surface area contributed by atoms with Crippen molar-refractivity contribution in [2.45, 2.75) is 44.9 Å². The molecule has 4 heterocycles. The number of piperidine rings is 1. The van der Waals surface area contributed by atoms with Crippen LogP contribution in [0.15, 0.2) is 18.5 Å². The average molecular weight is 395 g/mol. The Hall–Kier alpha value is -2.44. The summed E-state index contributed by atoms with van der Waals surface area (Å²) in [6.45, 7) is 5.89. The fourth-order valence-corrected chi connectivity index (χ4v) is 4.87. The average Bonchev–Trinajstić information content (AvgIpc) is 3.14. The van der Waals surface area contributed by atoms with Crippen molar-refractivity contribution >= 4 is 11.9 Å². The molecule has 0 bridgehead atoms. The minimum atomic E-state index is 0.252.